The third-order valence-corrected chi connectivity index (χ3v) is 2.54. The van der Waals surface area contributed by atoms with Crippen molar-refractivity contribution in [2.75, 3.05) is 19.0 Å². The summed E-state index contributed by atoms with van der Waals surface area (Å²) >= 11 is 3.39. The summed E-state index contributed by atoms with van der Waals surface area (Å²) in [4.78, 5) is 11.1. The van der Waals surface area contributed by atoms with E-state index in [-0.39, 0.29) is 5.97 Å². The molecule has 0 aliphatic heterocycles. The Morgan fingerprint density at radius 1 is 1.56 bits per heavy atom. The number of carbonyl (C=O) groups excluding carboxylic acids is 1. The van der Waals surface area contributed by atoms with Crippen LogP contribution in [0.25, 0.3) is 0 Å². The van der Waals surface area contributed by atoms with Crippen LogP contribution in [0.15, 0.2) is 40.4 Å². The number of carbonyl (C=O) groups is 1. The number of nitrogens with one attached hydrogen (secondary N) is 1. The Hall–Kier alpha value is -1.29. The minimum absolute atomic E-state index is 0.295. The molecule has 0 atom stereocenters. The molecule has 0 aliphatic rings. The summed E-state index contributed by atoms with van der Waals surface area (Å²) in [6.45, 7) is 2.33. The van der Waals surface area contributed by atoms with E-state index in [2.05, 4.69) is 26.0 Å². The second-order valence-corrected chi connectivity index (χ2v) is 4.19. The number of rotatable bonds is 4. The molecule has 0 aromatic heterocycles. The summed E-state index contributed by atoms with van der Waals surface area (Å²) in [5, 5.41) is 3.18. The van der Waals surface area contributed by atoms with Gasteiger partial charge in [-0.25, -0.2) is 4.79 Å². The lowest BCUT2D eigenvalue weighted by molar-refractivity contribution is -0.136. The molecule has 0 spiro atoms. The second-order valence-electron chi connectivity index (χ2n) is 3.27. The van der Waals surface area contributed by atoms with Gasteiger partial charge in [0.1, 0.15) is 0 Å². The Morgan fingerprint density at radius 3 is 2.94 bits per heavy atom. The van der Waals surface area contributed by atoms with Crippen LogP contribution in [-0.4, -0.2) is 19.6 Å². The molecule has 1 aromatic rings. The minimum atomic E-state index is -0.295. The number of benzene rings is 1. The zero-order valence-electron chi connectivity index (χ0n) is 9.29. The first-order valence-corrected chi connectivity index (χ1v) is 5.67. The van der Waals surface area contributed by atoms with E-state index in [0.717, 1.165) is 10.2 Å². The molecule has 0 heterocycles. The number of halogens is 1. The van der Waals surface area contributed by atoms with Crippen LogP contribution in [0.3, 0.4) is 0 Å². The highest BCUT2D eigenvalue weighted by Gasteiger charge is 2.01. The molecule has 0 amide bonds. The van der Waals surface area contributed by atoms with Crippen LogP contribution >= 0.6 is 15.9 Å². The molecule has 0 radical (unpaired) electrons. The molecular formula is C12H14BrNO2. The van der Waals surface area contributed by atoms with Gasteiger partial charge in [-0.1, -0.05) is 28.1 Å². The van der Waals surface area contributed by atoms with Gasteiger partial charge in [0, 0.05) is 22.3 Å². The van der Waals surface area contributed by atoms with Gasteiger partial charge < -0.3 is 10.1 Å². The lowest BCUT2D eigenvalue weighted by Gasteiger charge is -2.04. The van der Waals surface area contributed by atoms with Crippen LogP contribution in [0.4, 0.5) is 5.69 Å². The van der Waals surface area contributed by atoms with Crippen molar-refractivity contribution < 1.29 is 9.53 Å². The largest absolute Gasteiger partial charge is 0.466 e. The average Bonchev–Trinajstić information content (AvgIpc) is 2.28. The van der Waals surface area contributed by atoms with Crippen LogP contribution in [-0.2, 0) is 9.53 Å². The molecule has 0 fully saturated rings. The Kier molecular flexibility index (Phi) is 5.05. The van der Waals surface area contributed by atoms with Crippen LogP contribution in [0.2, 0.25) is 0 Å². The highest BCUT2D eigenvalue weighted by molar-refractivity contribution is 9.10. The fourth-order valence-corrected chi connectivity index (χ4v) is 1.56. The molecule has 0 bridgehead atoms. The minimum Gasteiger partial charge on any atom is -0.466 e. The van der Waals surface area contributed by atoms with E-state index in [9.17, 15) is 4.79 Å². The smallest absolute Gasteiger partial charge is 0.333 e. The first kappa shape index (κ1) is 12.8. The van der Waals surface area contributed by atoms with Crippen molar-refractivity contribution in [3.05, 3.63) is 40.4 Å². The van der Waals surface area contributed by atoms with Crippen molar-refractivity contribution in [1.29, 1.82) is 0 Å². The van der Waals surface area contributed by atoms with Crippen LogP contribution in [0.5, 0.6) is 0 Å². The number of methoxy groups -OCH3 is 1. The van der Waals surface area contributed by atoms with Crippen LogP contribution in [0, 0.1) is 0 Å². The van der Waals surface area contributed by atoms with Crippen molar-refractivity contribution >= 4 is 27.6 Å². The Labute approximate surface area is 104 Å². The third-order valence-electron chi connectivity index (χ3n) is 2.05. The summed E-state index contributed by atoms with van der Waals surface area (Å²) in [7, 11) is 1.38. The lowest BCUT2D eigenvalue weighted by Crippen LogP contribution is -2.05. The molecule has 3 nitrogen and oxygen atoms in total. The first-order valence-electron chi connectivity index (χ1n) is 4.88. The molecule has 1 aromatic carbocycles. The molecule has 0 saturated heterocycles. The predicted molar refractivity (Wildman–Crippen MR) is 68.4 cm³/mol. The number of anilines is 1. The quantitative estimate of drug-likeness (QED) is 0.682. The summed E-state index contributed by atoms with van der Waals surface area (Å²) in [6, 6.07) is 7.84. The van der Waals surface area contributed by atoms with Crippen molar-refractivity contribution in [3.8, 4) is 0 Å². The molecule has 4 heteroatoms. The van der Waals surface area contributed by atoms with E-state index in [1.54, 1.807) is 13.0 Å². The van der Waals surface area contributed by atoms with Gasteiger partial charge in [0.05, 0.1) is 7.11 Å². The summed E-state index contributed by atoms with van der Waals surface area (Å²) < 4.78 is 5.61. The molecule has 0 aliphatic carbocycles. The van der Waals surface area contributed by atoms with Crippen molar-refractivity contribution in [1.82, 2.24) is 0 Å². The van der Waals surface area contributed by atoms with Crippen LogP contribution in [0.1, 0.15) is 6.92 Å². The van der Waals surface area contributed by atoms with Gasteiger partial charge in [0.15, 0.2) is 0 Å². The Bertz CT molecular complexity index is 402. The number of hydrogen-bond acceptors (Lipinski definition) is 3. The van der Waals surface area contributed by atoms with Crippen molar-refractivity contribution in [2.45, 2.75) is 6.92 Å². The number of hydrogen-bond donors (Lipinski definition) is 1. The molecule has 1 rings (SSSR count). The van der Waals surface area contributed by atoms with Gasteiger partial charge >= 0.3 is 5.97 Å². The SMILES string of the molecule is COC(=O)/C(C)=C/CNc1cccc(Br)c1. The fraction of sp³-hybridized carbons (Fsp3) is 0.250. The van der Waals surface area contributed by atoms with E-state index in [1.165, 1.54) is 7.11 Å². The van der Waals surface area contributed by atoms with Crippen LogP contribution < -0.4 is 5.32 Å². The van der Waals surface area contributed by atoms with Gasteiger partial charge in [-0.3, -0.25) is 0 Å². The van der Waals surface area contributed by atoms with E-state index in [1.807, 2.05) is 24.3 Å². The Morgan fingerprint density at radius 2 is 2.31 bits per heavy atom. The fourth-order valence-electron chi connectivity index (χ4n) is 1.16. The number of esters is 1. The molecule has 0 unspecified atom stereocenters. The summed E-state index contributed by atoms with van der Waals surface area (Å²) in [6.07, 6.45) is 1.80. The Balaban J connectivity index is 2.50. The van der Waals surface area contributed by atoms with Gasteiger partial charge in [-0.15, -0.1) is 0 Å². The average molecular weight is 284 g/mol. The van der Waals surface area contributed by atoms with Crippen molar-refractivity contribution in [2.24, 2.45) is 0 Å². The lowest BCUT2D eigenvalue weighted by atomic mass is 10.2. The maximum atomic E-state index is 11.1. The normalized spacial score (nSPS) is 11.1. The van der Waals surface area contributed by atoms with Gasteiger partial charge in [0.2, 0.25) is 0 Å². The molecule has 1 N–H and O–H groups in total. The topological polar surface area (TPSA) is 38.3 Å². The van der Waals surface area contributed by atoms with Gasteiger partial charge in [-0.05, 0) is 25.1 Å². The first-order chi connectivity index (χ1) is 7.63. The zero-order valence-corrected chi connectivity index (χ0v) is 10.9. The van der Waals surface area contributed by atoms with Gasteiger partial charge in [-0.2, -0.15) is 0 Å². The standard InChI is InChI=1S/C12H14BrNO2/c1-9(12(15)16-2)6-7-14-11-5-3-4-10(13)8-11/h3-6,8,14H,7H2,1-2H3/b9-6+. The highest BCUT2D eigenvalue weighted by Crippen LogP contribution is 2.15. The summed E-state index contributed by atoms with van der Waals surface area (Å²) in [5.41, 5.74) is 1.60. The molecule has 0 saturated carbocycles. The van der Waals surface area contributed by atoms with E-state index in [4.69, 9.17) is 0 Å². The zero-order chi connectivity index (χ0) is 12.0. The molecule has 86 valence electrons. The summed E-state index contributed by atoms with van der Waals surface area (Å²) in [5.74, 6) is -0.295. The maximum absolute atomic E-state index is 11.1. The van der Waals surface area contributed by atoms with E-state index in [0.29, 0.717) is 12.1 Å². The third kappa shape index (κ3) is 4.06. The second kappa shape index (κ2) is 6.33. The molecule has 16 heavy (non-hydrogen) atoms. The van der Waals surface area contributed by atoms with E-state index < -0.39 is 0 Å². The van der Waals surface area contributed by atoms with E-state index >= 15 is 0 Å². The number of ether oxygens (including phenoxy) is 1. The monoisotopic (exact) mass is 283 g/mol. The highest BCUT2D eigenvalue weighted by atomic mass is 79.9. The maximum Gasteiger partial charge on any atom is 0.333 e. The molecular weight excluding hydrogens is 270 g/mol. The predicted octanol–water partition coefficient (Wildman–Crippen LogP) is 2.98. The van der Waals surface area contributed by atoms with Gasteiger partial charge in [0.25, 0.3) is 0 Å². The van der Waals surface area contributed by atoms with Crippen molar-refractivity contribution in [3.63, 3.8) is 0 Å².